The van der Waals surface area contributed by atoms with Crippen LogP contribution in [0.25, 0.3) is 0 Å². The SMILES string of the molecule is O=P(O)(O)OC1C(OP(=O)(O)O)C(OP(=O)(O)O)C(OP(=O)(O)O)C(OP(=O)(O)O)C1OP(=O)(O)O.OCCNCCO. The number of hydrogen-bond donors (Lipinski definition) is 15. The molecule has 0 saturated heterocycles. The predicted octanol–water partition coefficient (Wildman–Crippen LogP) is -4.57. The lowest BCUT2D eigenvalue weighted by molar-refractivity contribution is -0.202. The van der Waals surface area contributed by atoms with Crippen LogP contribution in [0.15, 0.2) is 0 Å². The molecule has 0 aliphatic heterocycles. The summed E-state index contributed by atoms with van der Waals surface area (Å²) >= 11 is 0. The summed E-state index contributed by atoms with van der Waals surface area (Å²) < 4.78 is 93.1. The van der Waals surface area contributed by atoms with E-state index in [1.54, 1.807) is 0 Å². The van der Waals surface area contributed by atoms with Gasteiger partial charge >= 0.3 is 46.9 Å². The first-order chi connectivity index (χ1) is 19.0. The summed E-state index contributed by atoms with van der Waals surface area (Å²) in [5.74, 6) is 0. The van der Waals surface area contributed by atoms with Gasteiger partial charge in [-0.15, -0.1) is 0 Å². The second-order valence-corrected chi connectivity index (χ2v) is 14.7. The monoisotopic (exact) mass is 765 g/mol. The topological polar surface area (TPSA) is 453 Å². The molecule has 1 aliphatic rings. The molecule has 33 heteroatoms. The molecule has 27 nitrogen and oxygen atoms in total. The molecule has 1 saturated carbocycles. The fraction of sp³-hybridized carbons (Fsp3) is 1.00. The van der Waals surface area contributed by atoms with Gasteiger partial charge in [-0.2, -0.15) is 0 Å². The largest absolute Gasteiger partial charge is 0.470 e. The van der Waals surface area contributed by atoms with Crippen molar-refractivity contribution in [2.24, 2.45) is 0 Å². The van der Waals surface area contributed by atoms with Gasteiger partial charge in [-0.25, -0.2) is 27.4 Å². The Labute approximate surface area is 239 Å². The number of nitrogens with one attached hydrogen (secondary N) is 1. The molecule has 1 aliphatic carbocycles. The Hall–Kier alpha value is 0.540. The molecular weight excluding hydrogens is 736 g/mol. The van der Waals surface area contributed by atoms with Crippen LogP contribution in [0.2, 0.25) is 0 Å². The van der Waals surface area contributed by atoms with Crippen LogP contribution in [-0.4, -0.2) is 132 Å². The van der Waals surface area contributed by atoms with Crippen molar-refractivity contribution in [2.75, 3.05) is 26.3 Å². The zero-order valence-corrected chi connectivity index (χ0v) is 26.0. The fourth-order valence-corrected chi connectivity index (χ4v) is 6.42. The third-order valence-corrected chi connectivity index (χ3v) is 7.18. The van der Waals surface area contributed by atoms with E-state index in [2.05, 4.69) is 32.5 Å². The Kier molecular flexibility index (Phi) is 17.3. The average molecular weight is 765 g/mol. The summed E-state index contributed by atoms with van der Waals surface area (Å²) in [5, 5.41) is 19.1. The van der Waals surface area contributed by atoms with Gasteiger partial charge in [-0.1, -0.05) is 0 Å². The van der Waals surface area contributed by atoms with Crippen molar-refractivity contribution >= 4 is 46.9 Å². The van der Waals surface area contributed by atoms with Crippen molar-refractivity contribution in [1.29, 1.82) is 0 Å². The summed E-state index contributed by atoms with van der Waals surface area (Å²) in [7, 11) is -36.1. The minimum Gasteiger partial charge on any atom is -0.395 e. The van der Waals surface area contributed by atoms with Gasteiger partial charge in [0, 0.05) is 13.1 Å². The molecule has 0 aromatic rings. The average Bonchev–Trinajstić information content (AvgIpc) is 2.71. The first-order valence-corrected chi connectivity index (χ1v) is 19.5. The standard InChI is InChI=1S/C6H18O24P6.C4H11NO2/c7-31(8,9)25-1-2(26-32(10,11)12)4(28-34(16,17)18)6(30-36(22,23)24)5(29-35(19,20)21)3(1)27-33(13,14)15;6-3-1-5-2-4-7/h1-6H,(H2,7,8,9)(H2,10,11,12)(H2,13,14,15)(H2,16,17,18)(H2,19,20,21)(H2,22,23,24);5-7H,1-4H2. The van der Waals surface area contributed by atoms with Crippen LogP contribution in [-0.2, 0) is 54.5 Å². The van der Waals surface area contributed by atoms with E-state index in [9.17, 15) is 27.4 Å². The highest BCUT2D eigenvalue weighted by Gasteiger charge is 2.62. The zero-order valence-electron chi connectivity index (χ0n) is 20.6. The normalized spacial score (nSPS) is 26.1. The lowest BCUT2D eigenvalue weighted by Crippen LogP contribution is -2.66. The van der Waals surface area contributed by atoms with Crippen LogP contribution in [0.1, 0.15) is 0 Å². The van der Waals surface area contributed by atoms with Gasteiger partial charge < -0.3 is 74.3 Å². The number of aliphatic hydroxyl groups excluding tert-OH is 2. The van der Waals surface area contributed by atoms with Crippen LogP contribution >= 0.6 is 46.9 Å². The zero-order chi connectivity index (χ0) is 34.2. The lowest BCUT2D eigenvalue weighted by atomic mass is 9.85. The second-order valence-electron chi connectivity index (χ2n) is 7.56. The Bertz CT molecular complexity index is 910. The maximum Gasteiger partial charge on any atom is 0.470 e. The molecule has 1 rings (SSSR count). The number of rotatable bonds is 16. The van der Waals surface area contributed by atoms with E-state index in [1.165, 1.54) is 0 Å². The molecule has 15 N–H and O–H groups in total. The lowest BCUT2D eigenvalue weighted by Gasteiger charge is -2.48. The molecule has 0 bridgehead atoms. The highest BCUT2D eigenvalue weighted by atomic mass is 31.2. The Morgan fingerprint density at radius 2 is 0.512 bits per heavy atom. The quantitative estimate of drug-likeness (QED) is 0.0519. The van der Waals surface area contributed by atoms with E-state index in [4.69, 9.17) is 68.9 Å². The van der Waals surface area contributed by atoms with Crippen LogP contribution < -0.4 is 5.32 Å². The molecule has 0 aromatic heterocycles. The van der Waals surface area contributed by atoms with E-state index in [0.717, 1.165) is 0 Å². The molecule has 0 unspecified atom stereocenters. The van der Waals surface area contributed by atoms with Crippen LogP contribution in [0.5, 0.6) is 0 Å². The smallest absolute Gasteiger partial charge is 0.395 e. The van der Waals surface area contributed by atoms with Gasteiger partial charge in [0.2, 0.25) is 0 Å². The van der Waals surface area contributed by atoms with Crippen molar-refractivity contribution in [3.8, 4) is 0 Å². The minimum absolute atomic E-state index is 0.139. The van der Waals surface area contributed by atoms with E-state index < -0.39 is 83.6 Å². The highest BCUT2D eigenvalue weighted by molar-refractivity contribution is 7.47. The molecule has 0 radical (unpaired) electrons. The molecule has 0 amide bonds. The van der Waals surface area contributed by atoms with Gasteiger partial charge in [-0.05, 0) is 0 Å². The molecule has 0 heterocycles. The summed E-state index contributed by atoms with van der Waals surface area (Å²) in [4.78, 5) is 110. The van der Waals surface area contributed by atoms with Crippen molar-refractivity contribution in [2.45, 2.75) is 36.6 Å². The summed E-state index contributed by atoms with van der Waals surface area (Å²) in [5.41, 5.74) is 0. The van der Waals surface area contributed by atoms with Gasteiger partial charge in [-0.3, -0.25) is 27.1 Å². The first-order valence-electron chi connectivity index (χ1n) is 10.3. The molecule has 1 fully saturated rings. The van der Waals surface area contributed by atoms with E-state index in [-0.39, 0.29) is 13.2 Å². The van der Waals surface area contributed by atoms with Crippen LogP contribution in [0, 0.1) is 0 Å². The van der Waals surface area contributed by atoms with Gasteiger partial charge in [0.25, 0.3) is 0 Å². The number of aliphatic hydroxyl groups is 2. The molecule has 0 atom stereocenters. The Morgan fingerprint density at radius 1 is 0.372 bits per heavy atom. The van der Waals surface area contributed by atoms with Crippen LogP contribution in [0.3, 0.4) is 0 Å². The van der Waals surface area contributed by atoms with Gasteiger partial charge in [0.05, 0.1) is 13.2 Å². The molecule has 0 aromatic carbocycles. The number of phosphoric ester groups is 6. The van der Waals surface area contributed by atoms with E-state index in [0.29, 0.717) is 13.1 Å². The van der Waals surface area contributed by atoms with Gasteiger partial charge in [0.15, 0.2) is 0 Å². The molecule has 43 heavy (non-hydrogen) atoms. The number of phosphoric acid groups is 6. The Morgan fingerprint density at radius 3 is 0.605 bits per heavy atom. The third-order valence-electron chi connectivity index (χ3n) is 4.07. The van der Waals surface area contributed by atoms with Crippen LogP contribution in [0.4, 0.5) is 0 Å². The summed E-state index contributed by atoms with van der Waals surface area (Å²) in [6.07, 6.45) is -18.9. The maximum atomic E-state index is 11.4. The Balaban J connectivity index is 0.00000223. The van der Waals surface area contributed by atoms with Gasteiger partial charge in [0.1, 0.15) is 36.6 Å². The van der Waals surface area contributed by atoms with Crippen molar-refractivity contribution < 1.29 is 123 Å². The van der Waals surface area contributed by atoms with E-state index in [1.807, 2.05) is 0 Å². The third kappa shape index (κ3) is 20.4. The fourth-order valence-electron chi connectivity index (χ4n) is 3.08. The van der Waals surface area contributed by atoms with Crippen molar-refractivity contribution in [3.63, 3.8) is 0 Å². The predicted molar refractivity (Wildman–Crippen MR) is 129 cm³/mol. The first kappa shape index (κ1) is 43.5. The molecule has 0 spiro atoms. The maximum absolute atomic E-state index is 11.4. The minimum atomic E-state index is -6.02. The second kappa shape index (κ2) is 17.1. The molecular formula is C10H29NO26P6. The summed E-state index contributed by atoms with van der Waals surface area (Å²) in [6.45, 7) is 1.42. The number of hydrogen-bond acceptors (Lipinski definition) is 15. The molecule has 260 valence electrons. The van der Waals surface area contributed by atoms with Crippen molar-refractivity contribution in [3.05, 3.63) is 0 Å². The highest BCUT2D eigenvalue weighted by Crippen LogP contribution is 2.57. The summed E-state index contributed by atoms with van der Waals surface area (Å²) in [6, 6.07) is 0. The van der Waals surface area contributed by atoms with E-state index >= 15 is 0 Å². The van der Waals surface area contributed by atoms with Crippen molar-refractivity contribution in [1.82, 2.24) is 5.32 Å².